The molecule has 272 valence electrons. The zero-order chi connectivity index (χ0) is 37.1. The summed E-state index contributed by atoms with van der Waals surface area (Å²) in [5.41, 5.74) is 10.3. The lowest BCUT2D eigenvalue weighted by Gasteiger charge is -2.39. The molecule has 6 N–H and O–H groups in total. The van der Waals surface area contributed by atoms with Crippen molar-refractivity contribution in [2.45, 2.75) is 84.0 Å². The number of benzene rings is 3. The van der Waals surface area contributed by atoms with E-state index in [0.717, 1.165) is 27.9 Å². The fourth-order valence-corrected chi connectivity index (χ4v) is 6.49. The number of hydrogen-bond acceptors (Lipinski definition) is 7. The number of nitrogens with zero attached hydrogens (tertiary/aromatic N) is 2. The summed E-state index contributed by atoms with van der Waals surface area (Å²) in [7, 11) is 0. The maximum absolute atomic E-state index is 13.9. The number of hydrogen-bond donors (Lipinski definition) is 5. The summed E-state index contributed by atoms with van der Waals surface area (Å²) in [6.45, 7) is 7.43. The molecule has 1 heterocycles. The minimum Gasteiger partial charge on any atom is -0.508 e. The number of carbonyl (C=O) groups excluding carboxylic acids is 5. The molecule has 0 aromatic heterocycles. The van der Waals surface area contributed by atoms with Crippen molar-refractivity contribution in [3.63, 3.8) is 0 Å². The van der Waals surface area contributed by atoms with Crippen LogP contribution in [0.1, 0.15) is 55.4 Å². The molecule has 12 nitrogen and oxygen atoms in total. The Balaban J connectivity index is 1.33. The third-order valence-corrected chi connectivity index (χ3v) is 9.28. The summed E-state index contributed by atoms with van der Waals surface area (Å²) in [6, 6.07) is 19.3. The van der Waals surface area contributed by atoms with Crippen LogP contribution in [0.4, 0.5) is 5.69 Å². The van der Waals surface area contributed by atoms with Crippen LogP contribution in [0.15, 0.2) is 72.8 Å². The first-order chi connectivity index (χ1) is 24.4. The van der Waals surface area contributed by atoms with Gasteiger partial charge in [-0.15, -0.1) is 0 Å². The highest BCUT2D eigenvalue weighted by molar-refractivity contribution is 5.94. The highest BCUT2D eigenvalue weighted by Gasteiger charge is 2.33. The van der Waals surface area contributed by atoms with Crippen LogP contribution in [-0.2, 0) is 36.8 Å². The van der Waals surface area contributed by atoms with Gasteiger partial charge in [0.05, 0.1) is 12.6 Å². The van der Waals surface area contributed by atoms with Gasteiger partial charge in [-0.1, -0.05) is 55.5 Å². The second-order valence-electron chi connectivity index (χ2n) is 13.1. The number of anilines is 1. The minimum atomic E-state index is -0.976. The molecule has 0 radical (unpaired) electrons. The molecule has 12 heteroatoms. The summed E-state index contributed by atoms with van der Waals surface area (Å²) in [6.07, 6.45) is 2.03. The molecule has 4 rings (SSSR count). The predicted molar refractivity (Wildman–Crippen MR) is 196 cm³/mol. The van der Waals surface area contributed by atoms with Gasteiger partial charge in [0.1, 0.15) is 17.8 Å². The van der Waals surface area contributed by atoms with E-state index in [9.17, 15) is 29.1 Å². The van der Waals surface area contributed by atoms with Crippen molar-refractivity contribution >= 4 is 35.2 Å². The van der Waals surface area contributed by atoms with Crippen molar-refractivity contribution in [1.82, 2.24) is 20.9 Å². The lowest BCUT2D eigenvalue weighted by Crippen LogP contribution is -2.56. The van der Waals surface area contributed by atoms with Crippen molar-refractivity contribution in [1.29, 1.82) is 0 Å². The molecule has 0 aliphatic carbocycles. The van der Waals surface area contributed by atoms with Gasteiger partial charge in [-0.2, -0.15) is 0 Å². The van der Waals surface area contributed by atoms with Crippen LogP contribution in [0.3, 0.4) is 0 Å². The van der Waals surface area contributed by atoms with Crippen molar-refractivity contribution in [2.24, 2.45) is 5.73 Å². The van der Waals surface area contributed by atoms with E-state index < -0.39 is 42.4 Å². The number of nitrogens with two attached hydrogens (primary N) is 1. The largest absolute Gasteiger partial charge is 0.508 e. The zero-order valence-electron chi connectivity index (χ0n) is 29.9. The second kappa shape index (κ2) is 18.1. The molecule has 1 fully saturated rings. The maximum atomic E-state index is 13.9. The van der Waals surface area contributed by atoms with E-state index in [1.54, 1.807) is 17.0 Å². The molecule has 1 aliphatic heterocycles. The standard InChI is InChI=1S/C39H50N6O6/c1-5-36(48)45(29-14-10-7-11-15-29)30-16-18-44(19-17-30)39(51)34(22-28-12-8-6-9-13-28)43-35(47)24-41-37(49)27(4)42-38(50)33(40)23-32-25(2)20-31(46)21-26(32)3/h6-15,20-21,27,30,33-34,46H,5,16-19,22-24,40H2,1-4H3,(H,41,49)(H,42,50)(H,43,47)/t27-,33-,34-/m0/s1. The predicted octanol–water partition coefficient (Wildman–Crippen LogP) is 2.66. The van der Waals surface area contributed by atoms with Gasteiger partial charge >= 0.3 is 0 Å². The molecular weight excluding hydrogens is 648 g/mol. The van der Waals surface area contributed by atoms with E-state index in [-0.39, 0.29) is 36.4 Å². The van der Waals surface area contributed by atoms with Gasteiger partial charge in [-0.25, -0.2) is 0 Å². The van der Waals surface area contributed by atoms with Gasteiger partial charge in [-0.05, 0) is 86.6 Å². The number of aryl methyl sites for hydroxylation is 2. The van der Waals surface area contributed by atoms with Crippen molar-refractivity contribution in [3.8, 4) is 5.75 Å². The van der Waals surface area contributed by atoms with E-state index >= 15 is 0 Å². The van der Waals surface area contributed by atoms with Crippen LogP contribution in [0.25, 0.3) is 0 Å². The van der Waals surface area contributed by atoms with E-state index in [0.29, 0.717) is 32.4 Å². The average Bonchev–Trinajstić information content (AvgIpc) is 3.12. The number of rotatable bonds is 14. The molecular formula is C39H50N6O6. The Labute approximate surface area is 299 Å². The number of phenols is 1. The van der Waals surface area contributed by atoms with Gasteiger partial charge in [0.25, 0.3) is 0 Å². The summed E-state index contributed by atoms with van der Waals surface area (Å²) < 4.78 is 0. The van der Waals surface area contributed by atoms with Gasteiger partial charge in [-0.3, -0.25) is 24.0 Å². The lowest BCUT2D eigenvalue weighted by molar-refractivity contribution is -0.137. The fraction of sp³-hybridized carbons (Fsp3) is 0.410. The van der Waals surface area contributed by atoms with Crippen molar-refractivity contribution < 1.29 is 29.1 Å². The Kier molecular flexibility index (Phi) is 13.7. The van der Waals surface area contributed by atoms with Gasteiger partial charge < -0.3 is 36.6 Å². The van der Waals surface area contributed by atoms with Gasteiger partial charge in [0, 0.05) is 37.7 Å². The Bertz CT molecular complexity index is 1650. The zero-order valence-corrected chi connectivity index (χ0v) is 29.9. The summed E-state index contributed by atoms with van der Waals surface area (Å²) in [4.78, 5) is 69.1. The van der Waals surface area contributed by atoms with Gasteiger partial charge in [0.2, 0.25) is 29.5 Å². The third kappa shape index (κ3) is 10.6. The topological polar surface area (TPSA) is 174 Å². The summed E-state index contributed by atoms with van der Waals surface area (Å²) >= 11 is 0. The average molecular weight is 699 g/mol. The molecule has 0 spiro atoms. The molecule has 3 atom stereocenters. The summed E-state index contributed by atoms with van der Waals surface area (Å²) in [5, 5.41) is 17.8. The third-order valence-electron chi connectivity index (χ3n) is 9.28. The van der Waals surface area contributed by atoms with Crippen LogP contribution in [0, 0.1) is 13.8 Å². The smallest absolute Gasteiger partial charge is 0.245 e. The van der Waals surface area contributed by atoms with Crippen molar-refractivity contribution in [3.05, 3.63) is 95.1 Å². The quantitative estimate of drug-likeness (QED) is 0.172. The van der Waals surface area contributed by atoms with E-state index in [1.807, 2.05) is 86.3 Å². The lowest BCUT2D eigenvalue weighted by atomic mass is 9.96. The number of likely N-dealkylation sites (tertiary alicyclic amines) is 1. The first-order valence-corrected chi connectivity index (χ1v) is 17.5. The molecule has 3 aromatic rings. The molecule has 1 saturated heterocycles. The Morgan fingerprint density at radius 1 is 0.882 bits per heavy atom. The SMILES string of the molecule is CCC(=O)N(c1ccccc1)C1CCN(C(=O)[C@H](Cc2ccccc2)NC(=O)CNC(=O)[C@H](C)NC(=O)[C@@H](N)Cc2c(C)cc(O)cc2C)CC1. The molecule has 5 amide bonds. The molecule has 3 aromatic carbocycles. The maximum Gasteiger partial charge on any atom is 0.245 e. The number of piperidine rings is 1. The number of carbonyl (C=O) groups is 5. The van der Waals surface area contributed by atoms with E-state index in [2.05, 4.69) is 16.0 Å². The first-order valence-electron chi connectivity index (χ1n) is 17.5. The number of nitrogens with one attached hydrogen (secondary N) is 3. The Morgan fingerprint density at radius 3 is 2.06 bits per heavy atom. The van der Waals surface area contributed by atoms with Gasteiger partial charge in [0.15, 0.2) is 0 Å². The molecule has 1 aliphatic rings. The van der Waals surface area contributed by atoms with Crippen LogP contribution >= 0.6 is 0 Å². The number of para-hydroxylation sites is 1. The van der Waals surface area contributed by atoms with Crippen LogP contribution in [0.5, 0.6) is 5.75 Å². The second-order valence-corrected chi connectivity index (χ2v) is 13.1. The molecule has 0 saturated carbocycles. The highest BCUT2D eigenvalue weighted by Crippen LogP contribution is 2.25. The Morgan fingerprint density at radius 2 is 1.47 bits per heavy atom. The van der Waals surface area contributed by atoms with E-state index in [4.69, 9.17) is 5.73 Å². The Hall–Kier alpha value is -5.23. The number of aromatic hydroxyl groups is 1. The van der Waals surface area contributed by atoms with Crippen LogP contribution < -0.4 is 26.6 Å². The molecule has 51 heavy (non-hydrogen) atoms. The minimum absolute atomic E-state index is 0.0261. The number of amides is 5. The highest BCUT2D eigenvalue weighted by atomic mass is 16.3. The summed E-state index contributed by atoms with van der Waals surface area (Å²) in [5.74, 6) is -1.74. The molecule has 0 bridgehead atoms. The van der Waals surface area contributed by atoms with Crippen LogP contribution in [-0.4, -0.2) is 83.3 Å². The van der Waals surface area contributed by atoms with E-state index in [1.165, 1.54) is 6.92 Å². The first kappa shape index (κ1) is 38.6. The fourth-order valence-electron chi connectivity index (χ4n) is 6.49. The monoisotopic (exact) mass is 698 g/mol. The number of phenolic OH excluding ortho intramolecular Hbond substituents is 1. The normalized spacial score (nSPS) is 14.9. The van der Waals surface area contributed by atoms with Crippen molar-refractivity contribution in [2.75, 3.05) is 24.5 Å². The van der Waals surface area contributed by atoms with Crippen LogP contribution in [0.2, 0.25) is 0 Å². The molecule has 0 unspecified atom stereocenters.